The number of carbonyl (C=O) groups is 3. The number of esters is 1. The number of carbonyl (C=O) groups excluding carboxylic acids is 3. The number of amides is 2. The van der Waals surface area contributed by atoms with Crippen LogP contribution in [0.3, 0.4) is 0 Å². The molecule has 2 aromatic carbocycles. The van der Waals surface area contributed by atoms with Gasteiger partial charge in [0.05, 0.1) is 19.8 Å². The van der Waals surface area contributed by atoms with Gasteiger partial charge in [0.1, 0.15) is 0 Å². The van der Waals surface area contributed by atoms with Crippen molar-refractivity contribution in [3.63, 3.8) is 0 Å². The summed E-state index contributed by atoms with van der Waals surface area (Å²) in [6, 6.07) is 11.1. The molecule has 148 valence electrons. The fourth-order valence-corrected chi connectivity index (χ4v) is 2.37. The Balaban J connectivity index is 2.00. The van der Waals surface area contributed by atoms with Crippen molar-refractivity contribution in [3.8, 4) is 11.5 Å². The van der Waals surface area contributed by atoms with Crippen LogP contribution in [0.4, 0.5) is 5.69 Å². The largest absolute Gasteiger partial charge is 0.493 e. The topological polar surface area (TPSA) is 103 Å². The van der Waals surface area contributed by atoms with Crippen LogP contribution in [0.1, 0.15) is 27.6 Å². The lowest BCUT2D eigenvalue weighted by Gasteiger charge is -2.12. The molecule has 0 aliphatic rings. The number of hydrogen-bond donors (Lipinski definition) is 2. The van der Waals surface area contributed by atoms with Crippen molar-refractivity contribution >= 4 is 23.5 Å². The van der Waals surface area contributed by atoms with E-state index in [0.29, 0.717) is 34.9 Å². The van der Waals surface area contributed by atoms with Crippen molar-refractivity contribution in [2.45, 2.75) is 6.92 Å². The van der Waals surface area contributed by atoms with Crippen molar-refractivity contribution in [3.05, 3.63) is 53.6 Å². The van der Waals surface area contributed by atoms with Crippen LogP contribution in [0.2, 0.25) is 0 Å². The zero-order chi connectivity index (χ0) is 20.5. The Morgan fingerprint density at radius 3 is 2.43 bits per heavy atom. The van der Waals surface area contributed by atoms with Crippen LogP contribution in [0.5, 0.6) is 11.5 Å². The van der Waals surface area contributed by atoms with Crippen molar-refractivity contribution in [2.75, 3.05) is 32.7 Å². The van der Waals surface area contributed by atoms with Gasteiger partial charge in [0.15, 0.2) is 18.1 Å². The Morgan fingerprint density at radius 2 is 1.75 bits per heavy atom. The molecule has 28 heavy (non-hydrogen) atoms. The van der Waals surface area contributed by atoms with Gasteiger partial charge in [0, 0.05) is 17.8 Å². The summed E-state index contributed by atoms with van der Waals surface area (Å²) in [7, 11) is 2.71. The van der Waals surface area contributed by atoms with E-state index in [2.05, 4.69) is 15.4 Å². The minimum absolute atomic E-state index is 0.217. The molecule has 0 fully saturated rings. The zero-order valence-corrected chi connectivity index (χ0v) is 15.9. The number of methoxy groups -OCH3 is 2. The summed E-state index contributed by atoms with van der Waals surface area (Å²) in [5.41, 5.74) is 1.23. The Labute approximate surface area is 162 Å². The summed E-state index contributed by atoms with van der Waals surface area (Å²) in [6.07, 6.45) is 0. The Hall–Kier alpha value is -3.55. The highest BCUT2D eigenvalue weighted by atomic mass is 16.5. The molecule has 0 aliphatic heterocycles. The Morgan fingerprint density at radius 1 is 0.964 bits per heavy atom. The van der Waals surface area contributed by atoms with Gasteiger partial charge in [-0.3, -0.25) is 9.59 Å². The molecule has 2 amide bonds. The van der Waals surface area contributed by atoms with Crippen molar-refractivity contribution < 1.29 is 28.6 Å². The first-order chi connectivity index (χ1) is 13.5. The predicted molar refractivity (Wildman–Crippen MR) is 103 cm³/mol. The average molecular weight is 386 g/mol. The van der Waals surface area contributed by atoms with Crippen LogP contribution < -0.4 is 20.1 Å². The van der Waals surface area contributed by atoms with Gasteiger partial charge >= 0.3 is 5.97 Å². The van der Waals surface area contributed by atoms with Crippen LogP contribution >= 0.6 is 0 Å². The molecule has 2 N–H and O–H groups in total. The molecule has 0 aromatic heterocycles. The molecule has 0 bridgehead atoms. The molecule has 0 atom stereocenters. The van der Waals surface area contributed by atoms with Gasteiger partial charge in [0.25, 0.3) is 11.8 Å². The third-order valence-corrected chi connectivity index (χ3v) is 3.69. The molecule has 0 unspecified atom stereocenters. The summed E-state index contributed by atoms with van der Waals surface area (Å²) in [6.45, 7) is 2.06. The fraction of sp³-hybridized carbons (Fsp3) is 0.250. The number of anilines is 1. The summed E-state index contributed by atoms with van der Waals surface area (Å²) < 4.78 is 15.3. The lowest BCUT2D eigenvalue weighted by molar-refractivity contribution is -0.118. The van der Waals surface area contributed by atoms with Crippen LogP contribution in [-0.2, 0) is 9.53 Å². The highest BCUT2D eigenvalue weighted by Gasteiger charge is 2.13. The highest BCUT2D eigenvalue weighted by Crippen LogP contribution is 2.28. The molecular formula is C20H22N2O6. The third kappa shape index (κ3) is 5.47. The summed E-state index contributed by atoms with van der Waals surface area (Å²) in [5.74, 6) is -0.526. The minimum atomic E-state index is -0.505. The molecule has 0 spiro atoms. The molecule has 2 rings (SSSR count). The zero-order valence-electron chi connectivity index (χ0n) is 15.9. The van der Waals surface area contributed by atoms with E-state index < -0.39 is 11.9 Å². The normalized spacial score (nSPS) is 9.96. The van der Waals surface area contributed by atoms with E-state index in [1.165, 1.54) is 32.4 Å². The Bertz CT molecular complexity index is 866. The third-order valence-electron chi connectivity index (χ3n) is 3.69. The molecule has 0 heterocycles. The molecule has 0 saturated carbocycles. The molecule has 0 saturated heterocycles. The SMILES string of the molecule is CCNC(=O)c1cccc(NC(=O)COc2ccc(C(=O)OC)cc2OC)c1. The van der Waals surface area contributed by atoms with E-state index in [-0.39, 0.29) is 12.5 Å². The number of ether oxygens (including phenoxy) is 3. The van der Waals surface area contributed by atoms with Gasteiger partial charge in [0.2, 0.25) is 0 Å². The highest BCUT2D eigenvalue weighted by molar-refractivity contribution is 5.97. The minimum Gasteiger partial charge on any atom is -0.493 e. The monoisotopic (exact) mass is 386 g/mol. The van der Waals surface area contributed by atoms with Crippen molar-refractivity contribution in [1.29, 1.82) is 0 Å². The van der Waals surface area contributed by atoms with Crippen LogP contribution in [0.15, 0.2) is 42.5 Å². The van der Waals surface area contributed by atoms with E-state index in [1.54, 1.807) is 24.3 Å². The average Bonchev–Trinajstić information content (AvgIpc) is 2.71. The first kappa shape index (κ1) is 20.8. The fourth-order valence-electron chi connectivity index (χ4n) is 2.37. The maximum absolute atomic E-state index is 12.2. The molecule has 8 heteroatoms. The van der Waals surface area contributed by atoms with Crippen LogP contribution in [0, 0.1) is 0 Å². The van der Waals surface area contributed by atoms with Crippen molar-refractivity contribution in [2.24, 2.45) is 0 Å². The van der Waals surface area contributed by atoms with E-state index in [4.69, 9.17) is 9.47 Å². The van der Waals surface area contributed by atoms with Gasteiger partial charge in [-0.05, 0) is 43.3 Å². The van der Waals surface area contributed by atoms with Gasteiger partial charge in [-0.1, -0.05) is 6.07 Å². The number of rotatable bonds is 8. The lowest BCUT2D eigenvalue weighted by Crippen LogP contribution is -2.23. The van der Waals surface area contributed by atoms with Gasteiger partial charge in [-0.25, -0.2) is 4.79 Å². The summed E-state index contributed by atoms with van der Waals surface area (Å²) >= 11 is 0. The lowest BCUT2D eigenvalue weighted by atomic mass is 10.2. The van der Waals surface area contributed by atoms with E-state index >= 15 is 0 Å². The second-order valence-corrected chi connectivity index (χ2v) is 5.63. The summed E-state index contributed by atoms with van der Waals surface area (Å²) in [5, 5.41) is 5.36. The predicted octanol–water partition coefficient (Wildman–Crippen LogP) is 2.25. The van der Waals surface area contributed by atoms with Crippen LogP contribution in [0.25, 0.3) is 0 Å². The molecule has 0 aliphatic carbocycles. The second kappa shape index (κ2) is 9.96. The van der Waals surface area contributed by atoms with E-state index in [9.17, 15) is 14.4 Å². The number of benzene rings is 2. The van der Waals surface area contributed by atoms with Gasteiger partial charge in [-0.15, -0.1) is 0 Å². The maximum Gasteiger partial charge on any atom is 0.337 e. The van der Waals surface area contributed by atoms with E-state index in [1.807, 2.05) is 6.92 Å². The smallest absolute Gasteiger partial charge is 0.337 e. The number of nitrogens with one attached hydrogen (secondary N) is 2. The quantitative estimate of drug-likeness (QED) is 0.675. The molecule has 0 radical (unpaired) electrons. The first-order valence-electron chi connectivity index (χ1n) is 8.55. The van der Waals surface area contributed by atoms with Crippen molar-refractivity contribution in [1.82, 2.24) is 5.32 Å². The molecule has 2 aromatic rings. The maximum atomic E-state index is 12.2. The standard InChI is InChI=1S/C20H22N2O6/c1-4-21-19(24)13-6-5-7-15(10-13)22-18(23)12-28-16-9-8-14(20(25)27-3)11-17(16)26-2/h5-11H,4,12H2,1-3H3,(H,21,24)(H,22,23). The first-order valence-corrected chi connectivity index (χ1v) is 8.55. The molecular weight excluding hydrogens is 364 g/mol. The number of hydrogen-bond acceptors (Lipinski definition) is 6. The van der Waals surface area contributed by atoms with Crippen LogP contribution in [-0.4, -0.2) is 45.2 Å². The Kier molecular flexibility index (Phi) is 7.38. The molecule has 8 nitrogen and oxygen atoms in total. The summed E-state index contributed by atoms with van der Waals surface area (Å²) in [4.78, 5) is 35.6. The second-order valence-electron chi connectivity index (χ2n) is 5.63. The van der Waals surface area contributed by atoms with Gasteiger partial charge < -0.3 is 24.8 Å². The van der Waals surface area contributed by atoms with Gasteiger partial charge in [-0.2, -0.15) is 0 Å². The van der Waals surface area contributed by atoms with E-state index in [0.717, 1.165) is 0 Å².